The van der Waals surface area contributed by atoms with E-state index in [1.165, 1.54) is 24.3 Å². The van der Waals surface area contributed by atoms with Crippen molar-refractivity contribution in [3.63, 3.8) is 0 Å². The van der Waals surface area contributed by atoms with Crippen molar-refractivity contribution in [1.29, 1.82) is 0 Å². The van der Waals surface area contributed by atoms with E-state index >= 15 is 0 Å². The van der Waals surface area contributed by atoms with Crippen LogP contribution in [0.2, 0.25) is 0 Å². The minimum absolute atomic E-state index is 0.182. The highest BCUT2D eigenvalue weighted by Crippen LogP contribution is 2.54. The minimum atomic E-state index is -4.64. The largest absolute Gasteiger partial charge is 0.416 e. The van der Waals surface area contributed by atoms with Crippen LogP contribution in [0.25, 0.3) is 0 Å². The number of aromatic nitrogens is 1. The van der Waals surface area contributed by atoms with Crippen molar-refractivity contribution in [1.82, 2.24) is 4.98 Å². The zero-order chi connectivity index (χ0) is 32.4. The summed E-state index contributed by atoms with van der Waals surface area (Å²) in [4.78, 5) is 4.63. The number of nitrogens with zero attached hydrogens (tertiary/aromatic N) is 1. The maximum absolute atomic E-state index is 13.9. The smallest absolute Gasteiger partial charge is 0.260 e. The highest BCUT2D eigenvalue weighted by atomic mass is 31.2. The van der Waals surface area contributed by atoms with Gasteiger partial charge in [-0.05, 0) is 65.7 Å². The van der Waals surface area contributed by atoms with Gasteiger partial charge in [-0.3, -0.25) is 4.98 Å². The molecular weight excluding hydrogens is 615 g/mol. The summed E-state index contributed by atoms with van der Waals surface area (Å²) in [6.07, 6.45) is -7.68. The topological polar surface area (TPSA) is 12.9 Å². The highest BCUT2D eigenvalue weighted by Gasteiger charge is 2.48. The molecule has 0 aliphatic rings. The van der Waals surface area contributed by atoms with Gasteiger partial charge in [0.15, 0.2) is 0 Å². The summed E-state index contributed by atoms with van der Waals surface area (Å²) in [5, 5.41) is 3.99. The molecule has 0 radical (unpaired) electrons. The van der Waals surface area contributed by atoms with Gasteiger partial charge in [0.25, 0.3) is 0 Å². The number of halogens is 6. The van der Waals surface area contributed by atoms with Gasteiger partial charge in [0.1, 0.15) is 28.5 Å². The normalized spacial score (nSPS) is 12.3. The van der Waals surface area contributed by atoms with Crippen molar-refractivity contribution in [3.05, 3.63) is 186 Å². The van der Waals surface area contributed by atoms with E-state index in [0.29, 0.717) is 5.69 Å². The van der Waals surface area contributed by atoms with Gasteiger partial charge in [0.2, 0.25) is 0 Å². The SMILES string of the molecule is FC(F)(F)c1cccc(C(c2cccc(C(F)(F)F)c2)c2cc([P+](c3ccccc3)(c3ccccc3)c3ccccc3)ccn2)c1. The molecule has 8 heteroatoms. The van der Waals surface area contributed by atoms with Gasteiger partial charge in [-0.1, -0.05) is 91.0 Å². The predicted octanol–water partition coefficient (Wildman–Crippen LogP) is 8.92. The van der Waals surface area contributed by atoms with Crippen LogP contribution >= 0.6 is 7.26 Å². The maximum atomic E-state index is 13.9. The molecule has 0 N–H and O–H groups in total. The Labute approximate surface area is 263 Å². The van der Waals surface area contributed by atoms with Crippen LogP contribution in [0.3, 0.4) is 0 Å². The molecule has 1 aromatic heterocycles. The van der Waals surface area contributed by atoms with Gasteiger partial charge in [0, 0.05) is 12.3 Å². The van der Waals surface area contributed by atoms with Gasteiger partial charge in [-0.2, -0.15) is 26.3 Å². The number of pyridine rings is 1. The Hall–Kier alpha value is -4.74. The monoisotopic (exact) mass is 642 g/mol. The van der Waals surface area contributed by atoms with Gasteiger partial charge in [-0.15, -0.1) is 0 Å². The van der Waals surface area contributed by atoms with E-state index in [1.807, 2.05) is 66.7 Å². The van der Waals surface area contributed by atoms with Gasteiger partial charge < -0.3 is 0 Å². The lowest BCUT2D eigenvalue weighted by atomic mass is 9.86. The first kappa shape index (κ1) is 31.3. The summed E-state index contributed by atoms with van der Waals surface area (Å²) in [5.41, 5.74) is -1.08. The molecule has 46 heavy (non-hydrogen) atoms. The first-order chi connectivity index (χ1) is 22.1. The zero-order valence-electron chi connectivity index (χ0n) is 24.3. The number of alkyl halides is 6. The third-order valence-electron chi connectivity index (χ3n) is 7.97. The van der Waals surface area contributed by atoms with Crippen molar-refractivity contribution in [3.8, 4) is 0 Å². The molecule has 0 atom stereocenters. The third kappa shape index (κ3) is 6.08. The first-order valence-electron chi connectivity index (χ1n) is 14.5. The lowest BCUT2D eigenvalue weighted by Crippen LogP contribution is -2.39. The molecule has 0 saturated carbocycles. The Balaban J connectivity index is 1.65. The molecule has 5 aromatic carbocycles. The average Bonchev–Trinajstić information content (AvgIpc) is 3.07. The molecule has 0 bridgehead atoms. The highest BCUT2D eigenvalue weighted by molar-refractivity contribution is 8.01. The molecule has 6 aromatic rings. The van der Waals surface area contributed by atoms with E-state index in [4.69, 9.17) is 0 Å². The minimum Gasteiger partial charge on any atom is -0.260 e. The number of hydrogen-bond acceptors (Lipinski definition) is 1. The molecule has 0 unspecified atom stereocenters. The second-order valence-corrected chi connectivity index (χ2v) is 14.2. The fraction of sp³-hybridized carbons (Fsp3) is 0.0789. The Bertz CT molecular complexity index is 1770. The van der Waals surface area contributed by atoms with E-state index in [1.54, 1.807) is 6.20 Å². The van der Waals surface area contributed by atoms with Crippen molar-refractivity contribution >= 4 is 28.5 Å². The van der Waals surface area contributed by atoms with Crippen LogP contribution < -0.4 is 21.2 Å². The van der Waals surface area contributed by atoms with E-state index in [-0.39, 0.29) is 11.1 Å². The summed E-state index contributed by atoms with van der Waals surface area (Å²) in [7, 11) is -2.63. The van der Waals surface area contributed by atoms with E-state index in [2.05, 4.69) is 41.4 Å². The number of hydrogen-bond donors (Lipinski definition) is 0. The second-order valence-electron chi connectivity index (χ2n) is 10.8. The van der Waals surface area contributed by atoms with Crippen LogP contribution in [0.4, 0.5) is 26.3 Å². The quantitative estimate of drug-likeness (QED) is 0.125. The lowest BCUT2D eigenvalue weighted by molar-refractivity contribution is -0.138. The molecule has 230 valence electrons. The van der Waals surface area contributed by atoms with Crippen LogP contribution in [0.1, 0.15) is 33.9 Å². The Morgan fingerprint density at radius 3 is 1.24 bits per heavy atom. The van der Waals surface area contributed by atoms with Gasteiger partial charge >= 0.3 is 12.4 Å². The summed E-state index contributed by atoms with van der Waals surface area (Å²) in [6.45, 7) is 0. The number of benzene rings is 5. The van der Waals surface area contributed by atoms with Gasteiger partial charge in [-0.25, -0.2) is 0 Å². The summed E-state index contributed by atoms with van der Waals surface area (Å²) in [6, 6.07) is 43.2. The molecule has 0 saturated heterocycles. The summed E-state index contributed by atoms with van der Waals surface area (Å²) < 4.78 is 83.3. The predicted molar refractivity (Wildman–Crippen MR) is 173 cm³/mol. The second kappa shape index (κ2) is 12.6. The number of rotatable bonds is 7. The molecule has 0 spiro atoms. The molecule has 1 heterocycles. The van der Waals surface area contributed by atoms with E-state index in [9.17, 15) is 26.3 Å². The fourth-order valence-corrected chi connectivity index (χ4v) is 10.2. The molecule has 0 fully saturated rings. The Morgan fingerprint density at radius 2 is 0.848 bits per heavy atom. The van der Waals surface area contributed by atoms with Crippen molar-refractivity contribution in [2.45, 2.75) is 18.3 Å². The van der Waals surface area contributed by atoms with Gasteiger partial charge in [0.05, 0.1) is 22.7 Å². The fourth-order valence-electron chi connectivity index (χ4n) is 5.98. The molecule has 1 nitrogen and oxygen atoms in total. The summed E-state index contributed by atoms with van der Waals surface area (Å²) >= 11 is 0. The average molecular weight is 643 g/mol. The lowest BCUT2D eigenvalue weighted by Gasteiger charge is -2.28. The van der Waals surface area contributed by atoms with Crippen LogP contribution in [0.15, 0.2) is 158 Å². The van der Waals surface area contributed by atoms with Crippen molar-refractivity contribution in [2.75, 3.05) is 0 Å². The van der Waals surface area contributed by atoms with Crippen molar-refractivity contribution in [2.24, 2.45) is 0 Å². The van der Waals surface area contributed by atoms with Crippen LogP contribution in [0.5, 0.6) is 0 Å². The molecule has 0 aliphatic heterocycles. The van der Waals surface area contributed by atoms with E-state index in [0.717, 1.165) is 45.5 Å². The zero-order valence-corrected chi connectivity index (χ0v) is 25.1. The van der Waals surface area contributed by atoms with Crippen LogP contribution in [-0.4, -0.2) is 4.98 Å². The molecule has 0 amide bonds. The first-order valence-corrected chi connectivity index (χ1v) is 16.2. The molecular formula is C38H27F6NP+. The van der Waals surface area contributed by atoms with Crippen LogP contribution in [0, 0.1) is 0 Å². The maximum Gasteiger partial charge on any atom is 0.416 e. The summed E-state index contributed by atoms with van der Waals surface area (Å²) in [5.74, 6) is -1.02. The van der Waals surface area contributed by atoms with Crippen molar-refractivity contribution < 1.29 is 26.3 Å². The van der Waals surface area contributed by atoms with Crippen LogP contribution in [-0.2, 0) is 12.4 Å². The molecule has 0 aliphatic carbocycles. The molecule has 6 rings (SSSR count). The Kier molecular flexibility index (Phi) is 8.54. The van der Waals surface area contributed by atoms with E-state index < -0.39 is 36.7 Å². The standard InChI is InChI=1S/C38H27F6NP/c39-37(40,41)29-14-10-12-27(24-29)36(28-13-11-15-30(25-28)38(42,43)44)35-26-34(22-23-45-35)46(31-16-4-1-5-17-31,32-18-6-2-7-19-32)33-20-8-3-9-21-33/h1-26,36H/q+1. The third-order valence-corrected chi connectivity index (χ3v) is 12.2. The Morgan fingerprint density at radius 1 is 0.435 bits per heavy atom.